The highest BCUT2D eigenvalue weighted by Gasteiger charge is 2.19. The molecule has 0 aliphatic carbocycles. The van der Waals surface area contributed by atoms with E-state index in [0.29, 0.717) is 0 Å². The van der Waals surface area contributed by atoms with Crippen LogP contribution in [-0.4, -0.2) is 25.7 Å². The van der Waals surface area contributed by atoms with Crippen LogP contribution in [0.4, 0.5) is 0 Å². The van der Waals surface area contributed by atoms with Crippen LogP contribution in [0.3, 0.4) is 0 Å². The minimum absolute atomic E-state index is 0.239. The molecule has 0 radical (unpaired) electrons. The van der Waals surface area contributed by atoms with E-state index in [4.69, 9.17) is 9.47 Å². The highest BCUT2D eigenvalue weighted by Crippen LogP contribution is 2.28. The molecule has 132 valence electrons. The van der Waals surface area contributed by atoms with Gasteiger partial charge in [0, 0.05) is 19.1 Å². The third-order valence-electron chi connectivity index (χ3n) is 4.24. The van der Waals surface area contributed by atoms with Gasteiger partial charge in [0.05, 0.1) is 14.2 Å². The molecular formula is C22H27NO2. The Morgan fingerprint density at radius 2 is 1.44 bits per heavy atom. The van der Waals surface area contributed by atoms with Crippen LogP contribution in [0.5, 0.6) is 11.5 Å². The first-order valence-corrected chi connectivity index (χ1v) is 8.44. The molecule has 0 bridgehead atoms. The van der Waals surface area contributed by atoms with Gasteiger partial charge in [-0.1, -0.05) is 36.4 Å². The number of hydrogen-bond donors (Lipinski definition) is 0. The SMILES string of the molecule is C=CC[C@H](c1ccc(OC)cc1)N(CC=C)Cc1ccc(OC)cc1. The largest absolute Gasteiger partial charge is 0.497 e. The molecule has 0 saturated heterocycles. The molecule has 2 rings (SSSR count). The van der Waals surface area contributed by atoms with Gasteiger partial charge in [-0.3, -0.25) is 4.90 Å². The Hall–Kier alpha value is -2.52. The van der Waals surface area contributed by atoms with Crippen LogP contribution < -0.4 is 9.47 Å². The average molecular weight is 337 g/mol. The number of benzene rings is 2. The van der Waals surface area contributed by atoms with Crippen LogP contribution in [-0.2, 0) is 6.54 Å². The molecule has 3 nitrogen and oxygen atoms in total. The molecule has 0 N–H and O–H groups in total. The Morgan fingerprint density at radius 3 is 1.92 bits per heavy atom. The van der Waals surface area contributed by atoms with Crippen molar-refractivity contribution >= 4 is 0 Å². The van der Waals surface area contributed by atoms with E-state index in [1.807, 2.05) is 36.4 Å². The van der Waals surface area contributed by atoms with E-state index >= 15 is 0 Å². The summed E-state index contributed by atoms with van der Waals surface area (Å²) in [6, 6.07) is 16.7. The normalized spacial score (nSPS) is 11.8. The molecule has 0 unspecified atom stereocenters. The van der Waals surface area contributed by atoms with Gasteiger partial charge in [-0.25, -0.2) is 0 Å². The summed E-state index contributed by atoms with van der Waals surface area (Å²) < 4.78 is 10.5. The van der Waals surface area contributed by atoms with Crippen LogP contribution in [0.1, 0.15) is 23.6 Å². The van der Waals surface area contributed by atoms with Crippen molar-refractivity contribution in [2.24, 2.45) is 0 Å². The molecule has 2 aromatic carbocycles. The fraction of sp³-hybridized carbons (Fsp3) is 0.273. The predicted octanol–water partition coefficient (Wildman–Crippen LogP) is 5.01. The zero-order valence-corrected chi connectivity index (χ0v) is 15.2. The van der Waals surface area contributed by atoms with E-state index in [0.717, 1.165) is 31.0 Å². The van der Waals surface area contributed by atoms with Gasteiger partial charge < -0.3 is 9.47 Å². The quantitative estimate of drug-likeness (QED) is 0.569. The van der Waals surface area contributed by atoms with Gasteiger partial charge in [-0.05, 0) is 41.8 Å². The Balaban J connectivity index is 2.24. The molecule has 0 aromatic heterocycles. The van der Waals surface area contributed by atoms with Crippen molar-refractivity contribution in [2.75, 3.05) is 20.8 Å². The number of ether oxygens (including phenoxy) is 2. The van der Waals surface area contributed by atoms with Crippen molar-refractivity contribution in [2.45, 2.75) is 19.0 Å². The lowest BCUT2D eigenvalue weighted by Gasteiger charge is -2.31. The van der Waals surface area contributed by atoms with Gasteiger partial charge in [-0.15, -0.1) is 13.2 Å². The number of hydrogen-bond acceptors (Lipinski definition) is 3. The van der Waals surface area contributed by atoms with Crippen LogP contribution in [0.2, 0.25) is 0 Å². The van der Waals surface area contributed by atoms with E-state index in [1.54, 1.807) is 14.2 Å². The molecule has 0 spiro atoms. The van der Waals surface area contributed by atoms with Crippen LogP contribution in [0.25, 0.3) is 0 Å². The summed E-state index contributed by atoms with van der Waals surface area (Å²) in [6.45, 7) is 9.50. The highest BCUT2D eigenvalue weighted by molar-refractivity contribution is 5.30. The lowest BCUT2D eigenvalue weighted by Crippen LogP contribution is -2.28. The molecule has 0 fully saturated rings. The maximum absolute atomic E-state index is 5.27. The van der Waals surface area contributed by atoms with E-state index < -0.39 is 0 Å². The van der Waals surface area contributed by atoms with E-state index in [2.05, 4.69) is 42.3 Å². The summed E-state index contributed by atoms with van der Waals surface area (Å²) in [6.07, 6.45) is 4.79. The first-order chi connectivity index (χ1) is 12.2. The van der Waals surface area contributed by atoms with E-state index in [1.165, 1.54) is 11.1 Å². The Morgan fingerprint density at radius 1 is 0.880 bits per heavy atom. The molecule has 3 heteroatoms. The first-order valence-electron chi connectivity index (χ1n) is 8.44. The third kappa shape index (κ3) is 5.23. The summed E-state index contributed by atoms with van der Waals surface area (Å²) >= 11 is 0. The fourth-order valence-electron chi connectivity index (χ4n) is 2.91. The van der Waals surface area contributed by atoms with Gasteiger partial charge in [0.25, 0.3) is 0 Å². The van der Waals surface area contributed by atoms with Crippen LogP contribution >= 0.6 is 0 Å². The predicted molar refractivity (Wildman–Crippen MR) is 104 cm³/mol. The zero-order valence-electron chi connectivity index (χ0n) is 15.2. The summed E-state index contributed by atoms with van der Waals surface area (Å²) in [5.74, 6) is 1.74. The second-order valence-corrected chi connectivity index (χ2v) is 5.88. The minimum atomic E-state index is 0.239. The molecule has 0 amide bonds. The first kappa shape index (κ1) is 18.8. The summed E-state index contributed by atoms with van der Waals surface area (Å²) in [4.78, 5) is 2.40. The molecular weight excluding hydrogens is 310 g/mol. The van der Waals surface area contributed by atoms with Crippen LogP contribution in [0, 0.1) is 0 Å². The van der Waals surface area contributed by atoms with E-state index in [-0.39, 0.29) is 6.04 Å². The smallest absolute Gasteiger partial charge is 0.118 e. The molecule has 2 aromatic rings. The summed E-state index contributed by atoms with van der Waals surface area (Å²) in [5, 5.41) is 0. The third-order valence-corrected chi connectivity index (χ3v) is 4.24. The Kier molecular flexibility index (Phi) is 7.30. The van der Waals surface area contributed by atoms with Crippen molar-refractivity contribution in [3.63, 3.8) is 0 Å². The van der Waals surface area contributed by atoms with Gasteiger partial charge >= 0.3 is 0 Å². The molecule has 0 aliphatic heterocycles. The second kappa shape index (κ2) is 9.70. The van der Waals surface area contributed by atoms with Crippen molar-refractivity contribution in [3.8, 4) is 11.5 Å². The van der Waals surface area contributed by atoms with Crippen molar-refractivity contribution < 1.29 is 9.47 Å². The minimum Gasteiger partial charge on any atom is -0.497 e. The number of nitrogens with zero attached hydrogens (tertiary/aromatic N) is 1. The molecule has 0 saturated carbocycles. The summed E-state index contributed by atoms with van der Waals surface area (Å²) in [7, 11) is 3.37. The maximum atomic E-state index is 5.27. The Bertz CT molecular complexity index is 661. The number of rotatable bonds is 10. The molecule has 1 atom stereocenters. The van der Waals surface area contributed by atoms with Crippen molar-refractivity contribution in [1.29, 1.82) is 0 Å². The van der Waals surface area contributed by atoms with Gasteiger partial charge in [-0.2, -0.15) is 0 Å². The molecule has 25 heavy (non-hydrogen) atoms. The zero-order chi connectivity index (χ0) is 18.1. The van der Waals surface area contributed by atoms with Gasteiger partial charge in [0.1, 0.15) is 11.5 Å². The second-order valence-electron chi connectivity index (χ2n) is 5.88. The lowest BCUT2D eigenvalue weighted by atomic mass is 10.0. The maximum Gasteiger partial charge on any atom is 0.118 e. The van der Waals surface area contributed by atoms with Gasteiger partial charge in [0.2, 0.25) is 0 Å². The monoisotopic (exact) mass is 337 g/mol. The topological polar surface area (TPSA) is 21.7 Å². The fourth-order valence-corrected chi connectivity index (χ4v) is 2.91. The van der Waals surface area contributed by atoms with Crippen molar-refractivity contribution in [3.05, 3.63) is 85.0 Å². The van der Waals surface area contributed by atoms with E-state index in [9.17, 15) is 0 Å². The molecule has 0 aliphatic rings. The molecule has 0 heterocycles. The number of methoxy groups -OCH3 is 2. The Labute approximate surface area is 151 Å². The van der Waals surface area contributed by atoms with Crippen molar-refractivity contribution in [1.82, 2.24) is 4.90 Å². The lowest BCUT2D eigenvalue weighted by molar-refractivity contribution is 0.211. The average Bonchev–Trinajstić information content (AvgIpc) is 2.66. The highest BCUT2D eigenvalue weighted by atomic mass is 16.5. The van der Waals surface area contributed by atoms with Gasteiger partial charge in [0.15, 0.2) is 0 Å². The standard InChI is InChI=1S/C22H27NO2/c1-5-7-22(19-10-14-21(25-4)15-11-19)23(16-6-2)17-18-8-12-20(24-3)13-9-18/h5-6,8-15,22H,1-2,7,16-17H2,3-4H3/t22-/m1/s1. The van der Waals surface area contributed by atoms with Crippen LogP contribution in [0.15, 0.2) is 73.8 Å². The summed E-state index contributed by atoms with van der Waals surface area (Å²) in [5.41, 5.74) is 2.49.